The number of ether oxygens (including phenoxy) is 1. The second-order valence-corrected chi connectivity index (χ2v) is 9.32. The molecule has 2 amide bonds. The third kappa shape index (κ3) is 6.07. The summed E-state index contributed by atoms with van der Waals surface area (Å²) in [7, 11) is 0. The fourth-order valence-corrected chi connectivity index (χ4v) is 4.99. The lowest BCUT2D eigenvalue weighted by molar-refractivity contribution is -0.146. The number of unbranched alkanes of at least 4 members (excludes halogenated alkanes) is 3. The standard InChI is InChI=1S/C25H34N4O5/c30-21-16-28-15-18-9-8-12-20(24(18)27-25(28)26-21)34-14-7-2-1-6-13-22(31)29(17-23(32)33)19-10-4-3-5-11-19/h8-9,12,19H,1-7,10-11,13-17H2,(H,32,33)(H,26,27,30). The van der Waals surface area contributed by atoms with Crippen molar-refractivity contribution in [1.82, 2.24) is 15.1 Å². The number of nitrogens with zero attached hydrogens (tertiary/aromatic N) is 3. The van der Waals surface area contributed by atoms with Crippen LogP contribution in [0, 0.1) is 0 Å². The minimum atomic E-state index is -0.938. The molecule has 2 N–H and O–H groups in total. The average molecular weight is 471 g/mol. The number of benzene rings is 1. The summed E-state index contributed by atoms with van der Waals surface area (Å²) in [6, 6.07) is 5.93. The maximum Gasteiger partial charge on any atom is 0.323 e. The molecule has 0 bridgehead atoms. The van der Waals surface area contributed by atoms with Crippen LogP contribution in [0.3, 0.4) is 0 Å². The maximum atomic E-state index is 12.7. The van der Waals surface area contributed by atoms with E-state index in [0.717, 1.165) is 68.4 Å². The molecule has 0 spiro atoms. The number of hydrogen-bond acceptors (Lipinski definition) is 6. The van der Waals surface area contributed by atoms with Gasteiger partial charge in [-0.2, -0.15) is 0 Å². The number of fused-ring (bicyclic) bond motifs is 2. The molecule has 2 heterocycles. The highest BCUT2D eigenvalue weighted by Gasteiger charge is 2.30. The number of carbonyl (C=O) groups excluding carboxylic acids is 2. The van der Waals surface area contributed by atoms with Crippen LogP contribution >= 0.6 is 0 Å². The molecule has 1 aromatic rings. The molecular weight excluding hydrogens is 436 g/mol. The monoisotopic (exact) mass is 470 g/mol. The molecule has 184 valence electrons. The summed E-state index contributed by atoms with van der Waals surface area (Å²) in [4.78, 5) is 43.7. The zero-order valence-corrected chi connectivity index (χ0v) is 19.6. The van der Waals surface area contributed by atoms with E-state index < -0.39 is 5.97 Å². The van der Waals surface area contributed by atoms with Crippen LogP contribution in [0.5, 0.6) is 5.75 Å². The van der Waals surface area contributed by atoms with E-state index in [9.17, 15) is 19.5 Å². The van der Waals surface area contributed by atoms with Crippen LogP contribution in [0.2, 0.25) is 0 Å². The van der Waals surface area contributed by atoms with Crippen LogP contribution in [0.15, 0.2) is 23.2 Å². The van der Waals surface area contributed by atoms with Crippen LogP contribution in [-0.2, 0) is 20.9 Å². The van der Waals surface area contributed by atoms with Gasteiger partial charge in [0.15, 0.2) is 0 Å². The zero-order valence-electron chi connectivity index (χ0n) is 19.6. The topological polar surface area (TPSA) is 112 Å². The molecule has 2 aliphatic heterocycles. The van der Waals surface area contributed by atoms with Gasteiger partial charge in [-0.3, -0.25) is 19.7 Å². The van der Waals surface area contributed by atoms with E-state index in [2.05, 4.69) is 10.3 Å². The molecule has 0 unspecified atom stereocenters. The first-order valence-corrected chi connectivity index (χ1v) is 12.4. The molecule has 1 aromatic carbocycles. The predicted octanol–water partition coefficient (Wildman–Crippen LogP) is 3.19. The van der Waals surface area contributed by atoms with Crippen LogP contribution < -0.4 is 10.1 Å². The molecule has 1 aliphatic carbocycles. The summed E-state index contributed by atoms with van der Waals surface area (Å²) >= 11 is 0. The van der Waals surface area contributed by atoms with Crippen LogP contribution in [-0.4, -0.2) is 64.4 Å². The first-order chi connectivity index (χ1) is 16.5. The number of guanidine groups is 1. The van der Waals surface area contributed by atoms with E-state index in [-0.39, 0.29) is 24.4 Å². The molecule has 0 atom stereocenters. The third-order valence-electron chi connectivity index (χ3n) is 6.73. The Morgan fingerprint density at radius 3 is 2.71 bits per heavy atom. The summed E-state index contributed by atoms with van der Waals surface area (Å²) in [6.07, 6.45) is 8.98. The van der Waals surface area contributed by atoms with Crippen molar-refractivity contribution >= 4 is 29.4 Å². The van der Waals surface area contributed by atoms with Crippen molar-refractivity contribution in [3.63, 3.8) is 0 Å². The number of amides is 2. The smallest absolute Gasteiger partial charge is 0.323 e. The van der Waals surface area contributed by atoms with Gasteiger partial charge in [0.05, 0.1) is 6.61 Å². The Balaban J connectivity index is 1.18. The quantitative estimate of drug-likeness (QED) is 0.481. The van der Waals surface area contributed by atoms with Gasteiger partial charge in [-0.1, -0.05) is 44.2 Å². The lowest BCUT2D eigenvalue weighted by Crippen LogP contribution is -2.44. The van der Waals surface area contributed by atoms with Crippen molar-refractivity contribution in [1.29, 1.82) is 0 Å². The zero-order chi connectivity index (χ0) is 23.9. The Hall–Kier alpha value is -3.10. The van der Waals surface area contributed by atoms with Crippen LogP contribution in [0.4, 0.5) is 5.69 Å². The van der Waals surface area contributed by atoms with Gasteiger partial charge >= 0.3 is 5.97 Å². The highest BCUT2D eigenvalue weighted by atomic mass is 16.5. The summed E-state index contributed by atoms with van der Waals surface area (Å²) in [6.45, 7) is 1.33. The minimum Gasteiger partial charge on any atom is -0.491 e. The lowest BCUT2D eigenvalue weighted by atomic mass is 9.93. The average Bonchev–Trinajstić information content (AvgIpc) is 3.19. The van der Waals surface area contributed by atoms with E-state index in [0.29, 0.717) is 32.1 Å². The lowest BCUT2D eigenvalue weighted by Gasteiger charge is -2.33. The number of carboxylic acids is 1. The van der Waals surface area contributed by atoms with E-state index in [1.807, 2.05) is 23.1 Å². The number of para-hydroxylation sites is 1. The largest absolute Gasteiger partial charge is 0.491 e. The number of carbonyl (C=O) groups is 3. The van der Waals surface area contributed by atoms with Gasteiger partial charge < -0.3 is 19.6 Å². The van der Waals surface area contributed by atoms with Gasteiger partial charge in [0.1, 0.15) is 24.5 Å². The number of aliphatic imine (C=N–C) groups is 1. The fourth-order valence-electron chi connectivity index (χ4n) is 4.99. The molecule has 3 aliphatic rings. The SMILES string of the molecule is O=C(O)CN(C(=O)CCCCCCOc1cccc2c1N=C1NC(=O)CN1C2)C1CCCCC1. The van der Waals surface area contributed by atoms with Crippen molar-refractivity contribution in [2.45, 2.75) is 76.8 Å². The first kappa shape index (κ1) is 24.0. The van der Waals surface area contributed by atoms with Crippen LogP contribution in [0.1, 0.15) is 69.8 Å². The number of aliphatic carboxylic acids is 1. The van der Waals surface area contributed by atoms with Crippen molar-refractivity contribution in [2.24, 2.45) is 4.99 Å². The molecule has 1 saturated carbocycles. The van der Waals surface area contributed by atoms with E-state index in [4.69, 9.17) is 4.74 Å². The number of carboxylic acid groups (broad SMARTS) is 1. The first-order valence-electron chi connectivity index (χ1n) is 12.4. The molecule has 1 saturated heterocycles. The van der Waals surface area contributed by atoms with Gasteiger partial charge in [0, 0.05) is 24.6 Å². The molecule has 9 nitrogen and oxygen atoms in total. The second kappa shape index (κ2) is 11.4. The summed E-state index contributed by atoms with van der Waals surface area (Å²) in [5, 5.41) is 12.0. The number of rotatable bonds is 11. The highest BCUT2D eigenvalue weighted by Crippen LogP contribution is 2.36. The number of nitrogens with one attached hydrogen (secondary N) is 1. The third-order valence-corrected chi connectivity index (χ3v) is 6.73. The molecule has 4 rings (SSSR count). The maximum absolute atomic E-state index is 12.7. The Kier molecular flexibility index (Phi) is 8.03. The summed E-state index contributed by atoms with van der Waals surface area (Å²) in [5.41, 5.74) is 1.82. The van der Waals surface area contributed by atoms with E-state index >= 15 is 0 Å². The molecular formula is C25H34N4O5. The Morgan fingerprint density at radius 1 is 1.12 bits per heavy atom. The number of hydrogen-bond donors (Lipinski definition) is 2. The van der Waals surface area contributed by atoms with Gasteiger partial charge in [0.2, 0.25) is 17.8 Å². The normalized spacial score (nSPS) is 17.5. The van der Waals surface area contributed by atoms with E-state index in [1.165, 1.54) is 6.42 Å². The Morgan fingerprint density at radius 2 is 1.91 bits per heavy atom. The predicted molar refractivity (Wildman–Crippen MR) is 127 cm³/mol. The van der Waals surface area contributed by atoms with E-state index in [1.54, 1.807) is 4.90 Å². The van der Waals surface area contributed by atoms with Gasteiger partial charge in [-0.05, 0) is 31.7 Å². The summed E-state index contributed by atoms with van der Waals surface area (Å²) < 4.78 is 5.99. The molecule has 34 heavy (non-hydrogen) atoms. The van der Waals surface area contributed by atoms with Crippen molar-refractivity contribution in [3.8, 4) is 5.75 Å². The Bertz CT molecular complexity index is 941. The molecule has 9 heteroatoms. The summed E-state index contributed by atoms with van der Waals surface area (Å²) in [5.74, 6) is 0.291. The second-order valence-electron chi connectivity index (χ2n) is 9.32. The highest BCUT2D eigenvalue weighted by molar-refractivity contribution is 6.06. The van der Waals surface area contributed by atoms with Crippen molar-refractivity contribution in [2.75, 3.05) is 19.7 Å². The van der Waals surface area contributed by atoms with Crippen LogP contribution in [0.25, 0.3) is 0 Å². The molecule has 2 fully saturated rings. The Labute approximate surface area is 200 Å². The van der Waals surface area contributed by atoms with Gasteiger partial charge in [-0.25, -0.2) is 4.99 Å². The fraction of sp³-hybridized carbons (Fsp3) is 0.600. The van der Waals surface area contributed by atoms with Gasteiger partial charge in [-0.15, -0.1) is 0 Å². The molecule has 0 radical (unpaired) electrons. The minimum absolute atomic E-state index is 0.0337. The van der Waals surface area contributed by atoms with Crippen molar-refractivity contribution in [3.05, 3.63) is 23.8 Å². The molecule has 0 aromatic heterocycles. The van der Waals surface area contributed by atoms with Gasteiger partial charge in [0.25, 0.3) is 0 Å². The van der Waals surface area contributed by atoms with Crippen molar-refractivity contribution < 1.29 is 24.2 Å².